The van der Waals surface area contributed by atoms with Crippen molar-refractivity contribution in [2.75, 3.05) is 6.54 Å². The fraction of sp³-hybridized carbons (Fsp3) is 0.385. The second-order valence-electron chi connectivity index (χ2n) is 4.41. The molecule has 0 spiro atoms. The Morgan fingerprint density at radius 3 is 2.65 bits per heavy atom. The summed E-state index contributed by atoms with van der Waals surface area (Å²) in [4.78, 5) is 10.7. The molecule has 0 aliphatic rings. The lowest BCUT2D eigenvalue weighted by atomic mass is 10.1. The van der Waals surface area contributed by atoms with Crippen molar-refractivity contribution in [3.63, 3.8) is 0 Å². The van der Waals surface area contributed by atoms with Crippen LogP contribution in [0.25, 0.3) is 0 Å². The van der Waals surface area contributed by atoms with Crippen LogP contribution in [0.4, 0.5) is 0 Å². The molecule has 0 atom stereocenters. The first kappa shape index (κ1) is 16.1. The summed E-state index contributed by atoms with van der Waals surface area (Å²) in [7, 11) is -3.58. The highest BCUT2D eigenvalue weighted by molar-refractivity contribution is 7.89. The van der Waals surface area contributed by atoms with Crippen molar-refractivity contribution < 1.29 is 13.2 Å². The summed E-state index contributed by atoms with van der Waals surface area (Å²) in [6.45, 7) is 1.93. The minimum Gasteiger partial charge on any atom is -0.370 e. The van der Waals surface area contributed by atoms with E-state index in [9.17, 15) is 13.2 Å². The van der Waals surface area contributed by atoms with Crippen LogP contribution in [0.1, 0.15) is 30.4 Å². The zero-order valence-electron chi connectivity index (χ0n) is 11.2. The molecule has 1 rings (SSSR count). The largest absolute Gasteiger partial charge is 0.370 e. The number of nitrogens with zero attached hydrogens (tertiary/aromatic N) is 1. The predicted octanol–water partition coefficient (Wildman–Crippen LogP) is 0.801. The lowest BCUT2D eigenvalue weighted by Gasteiger charge is -2.07. The van der Waals surface area contributed by atoms with Crippen molar-refractivity contribution in [1.29, 1.82) is 5.26 Å². The molecule has 0 saturated carbocycles. The van der Waals surface area contributed by atoms with E-state index in [1.54, 1.807) is 6.92 Å². The average Bonchev–Trinajstić information content (AvgIpc) is 2.37. The van der Waals surface area contributed by atoms with Gasteiger partial charge in [0.1, 0.15) is 0 Å². The number of nitrogens with two attached hydrogens (primary N) is 1. The van der Waals surface area contributed by atoms with Crippen molar-refractivity contribution in [3.8, 4) is 6.07 Å². The van der Waals surface area contributed by atoms with Gasteiger partial charge < -0.3 is 5.73 Å². The van der Waals surface area contributed by atoms with E-state index >= 15 is 0 Å². The van der Waals surface area contributed by atoms with Gasteiger partial charge in [0.15, 0.2) is 0 Å². The maximum absolute atomic E-state index is 12.0. The first-order valence-corrected chi connectivity index (χ1v) is 7.64. The van der Waals surface area contributed by atoms with E-state index in [0.29, 0.717) is 24.0 Å². The molecular formula is C13H17N3O3S. The Morgan fingerprint density at radius 2 is 2.10 bits per heavy atom. The van der Waals surface area contributed by atoms with Crippen molar-refractivity contribution >= 4 is 15.9 Å². The Labute approximate surface area is 118 Å². The molecule has 20 heavy (non-hydrogen) atoms. The van der Waals surface area contributed by atoms with Crippen LogP contribution >= 0.6 is 0 Å². The number of nitrogens with one attached hydrogen (secondary N) is 1. The van der Waals surface area contributed by atoms with Gasteiger partial charge in [0, 0.05) is 13.0 Å². The Bertz CT molecular complexity index is 633. The molecule has 1 amide bonds. The molecule has 0 radical (unpaired) electrons. The number of hydrogen-bond donors (Lipinski definition) is 2. The van der Waals surface area contributed by atoms with Crippen molar-refractivity contribution in [2.45, 2.75) is 31.1 Å². The van der Waals surface area contributed by atoms with E-state index in [0.717, 1.165) is 0 Å². The van der Waals surface area contributed by atoms with Crippen LogP contribution in [0, 0.1) is 18.3 Å². The van der Waals surface area contributed by atoms with E-state index < -0.39 is 15.9 Å². The van der Waals surface area contributed by atoms with Gasteiger partial charge in [-0.2, -0.15) is 5.26 Å². The minimum absolute atomic E-state index is 0.129. The summed E-state index contributed by atoms with van der Waals surface area (Å²) in [5, 5.41) is 8.80. The van der Waals surface area contributed by atoms with Gasteiger partial charge in [0.05, 0.1) is 16.5 Å². The smallest absolute Gasteiger partial charge is 0.240 e. The third-order valence-electron chi connectivity index (χ3n) is 2.77. The van der Waals surface area contributed by atoms with E-state index in [4.69, 9.17) is 11.0 Å². The molecular weight excluding hydrogens is 278 g/mol. The van der Waals surface area contributed by atoms with E-state index in [1.165, 1.54) is 18.2 Å². The lowest BCUT2D eigenvalue weighted by Crippen LogP contribution is -2.25. The molecule has 0 aliphatic heterocycles. The minimum atomic E-state index is -3.58. The molecule has 0 fully saturated rings. The highest BCUT2D eigenvalue weighted by Crippen LogP contribution is 2.14. The maximum atomic E-state index is 12.0. The first-order valence-electron chi connectivity index (χ1n) is 6.15. The summed E-state index contributed by atoms with van der Waals surface area (Å²) >= 11 is 0. The number of nitriles is 1. The third kappa shape index (κ3) is 4.64. The van der Waals surface area contributed by atoms with Gasteiger partial charge in [0.25, 0.3) is 0 Å². The van der Waals surface area contributed by atoms with Crippen molar-refractivity contribution in [3.05, 3.63) is 29.3 Å². The van der Waals surface area contributed by atoms with Crippen molar-refractivity contribution in [2.24, 2.45) is 5.73 Å². The molecule has 0 unspecified atom stereocenters. The van der Waals surface area contributed by atoms with Gasteiger partial charge in [0.2, 0.25) is 15.9 Å². The van der Waals surface area contributed by atoms with Gasteiger partial charge in [-0.15, -0.1) is 0 Å². The van der Waals surface area contributed by atoms with Crippen LogP contribution in [0.15, 0.2) is 23.1 Å². The molecule has 7 heteroatoms. The van der Waals surface area contributed by atoms with Crippen LogP contribution < -0.4 is 10.5 Å². The first-order chi connectivity index (χ1) is 9.36. The second-order valence-corrected chi connectivity index (χ2v) is 6.18. The molecule has 0 saturated heterocycles. The standard InChI is InChI=1S/C13H17N3O3S/c1-10-8-12(6-5-11(10)9-14)20(18,19)16-7-3-2-4-13(15)17/h5-6,8,16H,2-4,7H2,1H3,(H2,15,17). The molecule has 108 valence electrons. The summed E-state index contributed by atoms with van der Waals surface area (Å²) in [6, 6.07) is 6.33. The van der Waals surface area contributed by atoms with E-state index in [1.807, 2.05) is 6.07 Å². The molecule has 0 aliphatic carbocycles. The molecule has 6 nitrogen and oxygen atoms in total. The molecule has 1 aromatic rings. The molecule has 0 aromatic heterocycles. The number of carbonyl (C=O) groups is 1. The number of carbonyl (C=O) groups excluding carboxylic acids is 1. The number of amides is 1. The van der Waals surface area contributed by atoms with Crippen LogP contribution in [0.5, 0.6) is 0 Å². The molecule has 0 heterocycles. The van der Waals surface area contributed by atoms with Gasteiger partial charge in [-0.25, -0.2) is 13.1 Å². The number of benzene rings is 1. The zero-order valence-corrected chi connectivity index (χ0v) is 12.0. The van der Waals surface area contributed by atoms with Crippen LogP contribution in [-0.4, -0.2) is 20.9 Å². The number of aryl methyl sites for hydroxylation is 1. The zero-order chi connectivity index (χ0) is 15.2. The normalized spacial score (nSPS) is 11.0. The van der Waals surface area contributed by atoms with Crippen LogP contribution in [-0.2, 0) is 14.8 Å². The summed E-state index contributed by atoms with van der Waals surface area (Å²) < 4.78 is 26.4. The highest BCUT2D eigenvalue weighted by Gasteiger charge is 2.14. The Kier molecular flexibility index (Phi) is 5.67. The number of unbranched alkanes of at least 4 members (excludes halogenated alkanes) is 1. The summed E-state index contributed by atoms with van der Waals surface area (Å²) in [5.74, 6) is -0.393. The van der Waals surface area contributed by atoms with Gasteiger partial charge in [-0.3, -0.25) is 4.79 Å². The number of primary amides is 1. The van der Waals surface area contributed by atoms with Crippen LogP contribution in [0.2, 0.25) is 0 Å². The highest BCUT2D eigenvalue weighted by atomic mass is 32.2. The van der Waals surface area contributed by atoms with Crippen molar-refractivity contribution in [1.82, 2.24) is 4.72 Å². The fourth-order valence-corrected chi connectivity index (χ4v) is 2.80. The monoisotopic (exact) mass is 295 g/mol. The third-order valence-corrected chi connectivity index (χ3v) is 4.23. The number of hydrogen-bond acceptors (Lipinski definition) is 4. The number of rotatable bonds is 7. The average molecular weight is 295 g/mol. The van der Waals surface area contributed by atoms with Gasteiger partial charge in [-0.05, 0) is 43.5 Å². The Balaban J connectivity index is 2.63. The quantitative estimate of drug-likeness (QED) is 0.724. The van der Waals surface area contributed by atoms with Gasteiger partial charge in [-0.1, -0.05) is 0 Å². The second kappa shape index (κ2) is 7.03. The number of sulfonamides is 1. The summed E-state index contributed by atoms with van der Waals surface area (Å²) in [5.41, 5.74) is 6.06. The predicted molar refractivity (Wildman–Crippen MR) is 74.1 cm³/mol. The fourth-order valence-electron chi connectivity index (χ4n) is 1.64. The lowest BCUT2D eigenvalue weighted by molar-refractivity contribution is -0.118. The van der Waals surface area contributed by atoms with Gasteiger partial charge >= 0.3 is 0 Å². The Morgan fingerprint density at radius 1 is 1.40 bits per heavy atom. The molecule has 1 aromatic carbocycles. The molecule has 0 bridgehead atoms. The SMILES string of the molecule is Cc1cc(S(=O)(=O)NCCCCC(N)=O)ccc1C#N. The topological polar surface area (TPSA) is 113 Å². The summed E-state index contributed by atoms with van der Waals surface area (Å²) in [6.07, 6.45) is 1.33. The van der Waals surface area contributed by atoms with E-state index in [-0.39, 0.29) is 17.9 Å². The maximum Gasteiger partial charge on any atom is 0.240 e. The van der Waals surface area contributed by atoms with E-state index in [2.05, 4.69) is 4.72 Å². The molecule has 3 N–H and O–H groups in total. The van der Waals surface area contributed by atoms with Crippen LogP contribution in [0.3, 0.4) is 0 Å². The Hall–Kier alpha value is -1.91.